The summed E-state index contributed by atoms with van der Waals surface area (Å²) in [6.07, 6.45) is 2.04. The van der Waals surface area contributed by atoms with Gasteiger partial charge in [0.25, 0.3) is 0 Å². The Bertz CT molecular complexity index is 532. The van der Waals surface area contributed by atoms with Crippen LogP contribution in [0, 0.1) is 6.92 Å². The number of rotatable bonds is 4. The molecule has 1 aromatic carbocycles. The highest BCUT2D eigenvalue weighted by Gasteiger charge is 2.08. The van der Waals surface area contributed by atoms with Crippen molar-refractivity contribution < 1.29 is 0 Å². The van der Waals surface area contributed by atoms with Crippen LogP contribution in [0.25, 0.3) is 0 Å². The largest absolute Gasteiger partial charge is 0.353 e. The van der Waals surface area contributed by atoms with Crippen molar-refractivity contribution in [3.05, 3.63) is 46.7 Å². The minimum absolute atomic E-state index is 0.358. The molecule has 0 saturated heterocycles. The van der Waals surface area contributed by atoms with Crippen LogP contribution in [0.3, 0.4) is 0 Å². The molecule has 96 valence electrons. The number of aromatic nitrogens is 2. The second-order valence-electron chi connectivity index (χ2n) is 4.72. The van der Waals surface area contributed by atoms with Crippen LogP contribution < -0.4 is 5.32 Å². The van der Waals surface area contributed by atoms with Crippen LogP contribution in [0.5, 0.6) is 0 Å². The normalized spacial score (nSPS) is 10.9. The standard InChI is InChI=1S/C14H18ClN3/c1-10(2)16-14-17-11(3)8-18(14)9-12-6-4-5-7-13(12)15/h4-8,10H,9H2,1-3H3,(H,16,17). The number of imidazole rings is 1. The highest BCUT2D eigenvalue weighted by molar-refractivity contribution is 6.31. The molecule has 0 aliphatic carbocycles. The lowest BCUT2D eigenvalue weighted by Crippen LogP contribution is -2.15. The zero-order valence-electron chi connectivity index (χ0n) is 10.9. The average molecular weight is 264 g/mol. The molecule has 1 heterocycles. The van der Waals surface area contributed by atoms with Gasteiger partial charge in [0.1, 0.15) is 0 Å². The molecule has 0 aliphatic rings. The van der Waals surface area contributed by atoms with Crippen LogP contribution in [-0.2, 0) is 6.54 Å². The fourth-order valence-corrected chi connectivity index (χ4v) is 2.05. The Labute approximate surface area is 113 Å². The summed E-state index contributed by atoms with van der Waals surface area (Å²) in [5, 5.41) is 4.13. The molecule has 0 saturated carbocycles. The molecule has 0 spiro atoms. The molecular formula is C14H18ClN3. The third kappa shape index (κ3) is 3.05. The van der Waals surface area contributed by atoms with E-state index >= 15 is 0 Å². The molecule has 18 heavy (non-hydrogen) atoms. The van der Waals surface area contributed by atoms with Gasteiger partial charge in [-0.15, -0.1) is 0 Å². The van der Waals surface area contributed by atoms with Crippen molar-refractivity contribution >= 4 is 17.5 Å². The predicted octanol–water partition coefficient (Wildman–Crippen LogP) is 3.71. The third-order valence-corrected chi connectivity index (χ3v) is 2.98. The van der Waals surface area contributed by atoms with E-state index in [1.165, 1.54) is 0 Å². The number of nitrogens with zero attached hydrogens (tertiary/aromatic N) is 2. The second-order valence-corrected chi connectivity index (χ2v) is 5.13. The minimum Gasteiger partial charge on any atom is -0.353 e. The van der Waals surface area contributed by atoms with Crippen molar-refractivity contribution in [3.8, 4) is 0 Å². The summed E-state index contributed by atoms with van der Waals surface area (Å²) in [5.41, 5.74) is 2.11. The highest BCUT2D eigenvalue weighted by Crippen LogP contribution is 2.19. The second kappa shape index (κ2) is 5.44. The molecule has 4 heteroatoms. The fraction of sp³-hybridized carbons (Fsp3) is 0.357. The van der Waals surface area contributed by atoms with E-state index in [2.05, 4.69) is 28.7 Å². The first-order valence-corrected chi connectivity index (χ1v) is 6.48. The molecule has 2 aromatic rings. The van der Waals surface area contributed by atoms with Gasteiger partial charge in [0.05, 0.1) is 12.2 Å². The van der Waals surface area contributed by atoms with E-state index in [1.807, 2.05) is 37.4 Å². The van der Waals surface area contributed by atoms with Gasteiger partial charge in [0.2, 0.25) is 5.95 Å². The van der Waals surface area contributed by atoms with Gasteiger partial charge in [-0.2, -0.15) is 0 Å². The van der Waals surface area contributed by atoms with Gasteiger partial charge >= 0.3 is 0 Å². The zero-order chi connectivity index (χ0) is 13.1. The summed E-state index contributed by atoms with van der Waals surface area (Å²) in [4.78, 5) is 4.49. The lowest BCUT2D eigenvalue weighted by Gasteiger charge is -2.12. The van der Waals surface area contributed by atoms with Crippen LogP contribution in [0.15, 0.2) is 30.5 Å². The Hall–Kier alpha value is -1.48. The van der Waals surface area contributed by atoms with Crippen molar-refractivity contribution in [1.29, 1.82) is 0 Å². The molecule has 0 unspecified atom stereocenters. The summed E-state index contributed by atoms with van der Waals surface area (Å²) >= 11 is 6.18. The molecule has 2 rings (SSSR count). The summed E-state index contributed by atoms with van der Waals surface area (Å²) in [6.45, 7) is 6.93. The van der Waals surface area contributed by atoms with E-state index in [0.29, 0.717) is 6.04 Å². The summed E-state index contributed by atoms with van der Waals surface area (Å²) in [5.74, 6) is 0.891. The fourth-order valence-electron chi connectivity index (χ4n) is 1.85. The first kappa shape index (κ1) is 13.0. The Balaban J connectivity index is 2.26. The maximum Gasteiger partial charge on any atom is 0.203 e. The van der Waals surface area contributed by atoms with Gasteiger partial charge in [-0.3, -0.25) is 0 Å². The zero-order valence-corrected chi connectivity index (χ0v) is 11.7. The lowest BCUT2D eigenvalue weighted by molar-refractivity contribution is 0.774. The van der Waals surface area contributed by atoms with Crippen LogP contribution in [-0.4, -0.2) is 15.6 Å². The van der Waals surface area contributed by atoms with E-state index in [9.17, 15) is 0 Å². The van der Waals surface area contributed by atoms with Crippen LogP contribution in [0.1, 0.15) is 25.1 Å². The number of aryl methyl sites for hydroxylation is 1. The summed E-state index contributed by atoms with van der Waals surface area (Å²) in [6, 6.07) is 8.25. The van der Waals surface area contributed by atoms with Crippen LogP contribution in [0.2, 0.25) is 5.02 Å². The number of nitrogens with one attached hydrogen (secondary N) is 1. The Morgan fingerprint density at radius 3 is 2.72 bits per heavy atom. The van der Waals surface area contributed by atoms with Crippen molar-refractivity contribution in [2.45, 2.75) is 33.4 Å². The maximum absolute atomic E-state index is 6.18. The Kier molecular flexibility index (Phi) is 3.92. The van der Waals surface area contributed by atoms with Crippen molar-refractivity contribution in [2.24, 2.45) is 0 Å². The number of anilines is 1. The molecule has 0 bridgehead atoms. The maximum atomic E-state index is 6.18. The van der Waals surface area contributed by atoms with Gasteiger partial charge in [0, 0.05) is 17.3 Å². The number of halogens is 1. The predicted molar refractivity (Wildman–Crippen MR) is 76.3 cm³/mol. The molecule has 1 aromatic heterocycles. The smallest absolute Gasteiger partial charge is 0.203 e. The lowest BCUT2D eigenvalue weighted by atomic mass is 10.2. The first-order chi connectivity index (χ1) is 8.56. The van der Waals surface area contributed by atoms with Gasteiger partial charge < -0.3 is 9.88 Å². The molecule has 3 nitrogen and oxygen atoms in total. The molecule has 0 radical (unpaired) electrons. The van der Waals surface area contributed by atoms with E-state index in [-0.39, 0.29) is 0 Å². The monoisotopic (exact) mass is 263 g/mol. The summed E-state index contributed by atoms with van der Waals surface area (Å²) in [7, 11) is 0. The Morgan fingerprint density at radius 1 is 1.33 bits per heavy atom. The average Bonchev–Trinajstić information content (AvgIpc) is 2.61. The van der Waals surface area contributed by atoms with Crippen LogP contribution >= 0.6 is 11.6 Å². The molecule has 0 fully saturated rings. The molecule has 1 N–H and O–H groups in total. The van der Waals surface area contributed by atoms with E-state index in [4.69, 9.17) is 11.6 Å². The van der Waals surface area contributed by atoms with E-state index in [1.54, 1.807) is 0 Å². The molecule has 0 aliphatic heterocycles. The van der Waals surface area contributed by atoms with Gasteiger partial charge in [-0.05, 0) is 32.4 Å². The SMILES string of the molecule is Cc1cn(Cc2ccccc2Cl)c(NC(C)C)n1. The highest BCUT2D eigenvalue weighted by atomic mass is 35.5. The number of benzene rings is 1. The van der Waals surface area contributed by atoms with Crippen molar-refractivity contribution in [2.75, 3.05) is 5.32 Å². The summed E-state index contributed by atoms with van der Waals surface area (Å²) < 4.78 is 2.09. The molecule has 0 amide bonds. The van der Waals surface area contributed by atoms with E-state index in [0.717, 1.165) is 28.8 Å². The van der Waals surface area contributed by atoms with Crippen LogP contribution in [0.4, 0.5) is 5.95 Å². The minimum atomic E-state index is 0.358. The van der Waals surface area contributed by atoms with Gasteiger partial charge in [0.15, 0.2) is 0 Å². The topological polar surface area (TPSA) is 29.9 Å². The van der Waals surface area contributed by atoms with Gasteiger partial charge in [-0.25, -0.2) is 4.98 Å². The van der Waals surface area contributed by atoms with Gasteiger partial charge in [-0.1, -0.05) is 29.8 Å². The molecule has 0 atom stereocenters. The van der Waals surface area contributed by atoms with E-state index < -0.39 is 0 Å². The quantitative estimate of drug-likeness (QED) is 0.911. The Morgan fingerprint density at radius 2 is 2.06 bits per heavy atom. The van der Waals surface area contributed by atoms with Crippen molar-refractivity contribution in [3.63, 3.8) is 0 Å². The number of hydrogen-bond acceptors (Lipinski definition) is 2. The molecular weight excluding hydrogens is 246 g/mol. The third-order valence-electron chi connectivity index (χ3n) is 2.61. The first-order valence-electron chi connectivity index (χ1n) is 6.10. The van der Waals surface area contributed by atoms with Crippen molar-refractivity contribution in [1.82, 2.24) is 9.55 Å². The number of hydrogen-bond donors (Lipinski definition) is 1.